The van der Waals surface area contributed by atoms with Crippen LogP contribution in [0.1, 0.15) is 26.4 Å². The van der Waals surface area contributed by atoms with E-state index in [-0.39, 0.29) is 11.5 Å². The van der Waals surface area contributed by atoms with Gasteiger partial charge >= 0.3 is 5.97 Å². The summed E-state index contributed by atoms with van der Waals surface area (Å²) in [5, 5.41) is 12.6. The van der Waals surface area contributed by atoms with Gasteiger partial charge in [0.25, 0.3) is 5.91 Å². The van der Waals surface area contributed by atoms with E-state index >= 15 is 0 Å². The van der Waals surface area contributed by atoms with Crippen molar-refractivity contribution in [2.24, 2.45) is 0 Å². The molecule has 3 N–H and O–H groups in total. The summed E-state index contributed by atoms with van der Waals surface area (Å²) < 4.78 is 0. The molecular weight excluding hydrogens is 280 g/mol. The molecule has 1 amide bonds. The average Bonchev–Trinajstić information content (AvgIpc) is 2.97. The standard InChI is InChI=1S/C17H14N2O3/c20-16(15-9-13-3-1-2-4-14(13)19-15)18-10-11-5-7-12(8-6-11)17(21)22/h1-9,19H,10H2,(H,18,20)(H,21,22). The lowest BCUT2D eigenvalue weighted by atomic mass is 10.1. The van der Waals surface area contributed by atoms with Crippen LogP contribution in [0.2, 0.25) is 0 Å². The fourth-order valence-corrected chi connectivity index (χ4v) is 2.24. The van der Waals surface area contributed by atoms with Crippen LogP contribution >= 0.6 is 0 Å². The Labute approximate surface area is 126 Å². The van der Waals surface area contributed by atoms with Crippen LogP contribution in [0.15, 0.2) is 54.6 Å². The van der Waals surface area contributed by atoms with Crippen LogP contribution in [0, 0.1) is 0 Å². The summed E-state index contributed by atoms with van der Waals surface area (Å²) in [6, 6.07) is 15.9. The van der Waals surface area contributed by atoms with Crippen molar-refractivity contribution in [3.63, 3.8) is 0 Å². The highest BCUT2D eigenvalue weighted by Crippen LogP contribution is 2.14. The molecule has 1 heterocycles. The molecule has 0 aliphatic carbocycles. The summed E-state index contributed by atoms with van der Waals surface area (Å²) >= 11 is 0. The number of nitrogens with one attached hydrogen (secondary N) is 2. The zero-order chi connectivity index (χ0) is 15.5. The molecule has 22 heavy (non-hydrogen) atoms. The van der Waals surface area contributed by atoms with Crippen molar-refractivity contribution in [2.75, 3.05) is 0 Å². The zero-order valence-electron chi connectivity index (χ0n) is 11.7. The number of hydrogen-bond acceptors (Lipinski definition) is 2. The van der Waals surface area contributed by atoms with Gasteiger partial charge in [-0.2, -0.15) is 0 Å². The third-order valence-electron chi connectivity index (χ3n) is 3.43. The maximum atomic E-state index is 12.1. The minimum atomic E-state index is -0.964. The molecule has 110 valence electrons. The van der Waals surface area contributed by atoms with Gasteiger partial charge in [0.15, 0.2) is 0 Å². The van der Waals surface area contributed by atoms with E-state index in [1.54, 1.807) is 18.2 Å². The number of aromatic amines is 1. The number of benzene rings is 2. The second kappa shape index (κ2) is 5.73. The Morgan fingerprint density at radius 2 is 1.77 bits per heavy atom. The summed E-state index contributed by atoms with van der Waals surface area (Å²) in [5.74, 6) is -1.16. The van der Waals surface area contributed by atoms with Crippen molar-refractivity contribution < 1.29 is 14.7 Å². The maximum Gasteiger partial charge on any atom is 0.335 e. The third kappa shape index (κ3) is 2.83. The molecular formula is C17H14N2O3. The summed E-state index contributed by atoms with van der Waals surface area (Å²) in [6.07, 6.45) is 0. The van der Waals surface area contributed by atoms with E-state index in [9.17, 15) is 9.59 Å². The first-order chi connectivity index (χ1) is 10.6. The molecule has 0 fully saturated rings. The predicted octanol–water partition coefficient (Wildman–Crippen LogP) is 2.80. The number of amides is 1. The minimum Gasteiger partial charge on any atom is -0.478 e. The van der Waals surface area contributed by atoms with E-state index in [1.807, 2.05) is 24.3 Å². The molecule has 0 aliphatic heterocycles. The van der Waals surface area contributed by atoms with Crippen LogP contribution in [0.3, 0.4) is 0 Å². The van der Waals surface area contributed by atoms with Crippen molar-refractivity contribution in [1.82, 2.24) is 10.3 Å². The SMILES string of the molecule is O=C(O)c1ccc(CNC(=O)c2cc3ccccc3[nH]2)cc1. The number of carbonyl (C=O) groups is 2. The Hall–Kier alpha value is -3.08. The molecule has 0 saturated heterocycles. The van der Waals surface area contributed by atoms with E-state index in [1.165, 1.54) is 12.1 Å². The number of aromatic carboxylic acids is 1. The fraction of sp³-hybridized carbons (Fsp3) is 0.0588. The molecule has 0 unspecified atom stereocenters. The Morgan fingerprint density at radius 1 is 1.05 bits per heavy atom. The number of carboxylic acids is 1. The highest BCUT2D eigenvalue weighted by Gasteiger charge is 2.09. The van der Waals surface area contributed by atoms with Gasteiger partial charge < -0.3 is 15.4 Å². The van der Waals surface area contributed by atoms with Crippen molar-refractivity contribution in [3.05, 3.63) is 71.4 Å². The van der Waals surface area contributed by atoms with Gasteiger partial charge in [-0.1, -0.05) is 30.3 Å². The minimum absolute atomic E-state index is 0.196. The van der Waals surface area contributed by atoms with Crippen LogP contribution in [0.4, 0.5) is 0 Å². The van der Waals surface area contributed by atoms with Crippen LogP contribution in [0.25, 0.3) is 10.9 Å². The second-order valence-electron chi connectivity index (χ2n) is 4.96. The first-order valence-electron chi connectivity index (χ1n) is 6.82. The Morgan fingerprint density at radius 3 is 2.45 bits per heavy atom. The second-order valence-corrected chi connectivity index (χ2v) is 4.96. The van der Waals surface area contributed by atoms with Crippen LogP contribution in [0.5, 0.6) is 0 Å². The van der Waals surface area contributed by atoms with E-state index in [4.69, 9.17) is 5.11 Å². The van der Waals surface area contributed by atoms with E-state index < -0.39 is 5.97 Å². The number of carbonyl (C=O) groups excluding carboxylic acids is 1. The van der Waals surface area contributed by atoms with Crippen LogP contribution in [-0.2, 0) is 6.54 Å². The maximum absolute atomic E-state index is 12.1. The van der Waals surface area contributed by atoms with Crippen molar-refractivity contribution in [1.29, 1.82) is 0 Å². The number of aromatic nitrogens is 1. The van der Waals surface area contributed by atoms with Crippen molar-refractivity contribution in [3.8, 4) is 0 Å². The lowest BCUT2D eigenvalue weighted by molar-refractivity contribution is 0.0696. The Kier molecular flexibility index (Phi) is 3.62. The monoisotopic (exact) mass is 294 g/mol. The molecule has 0 aliphatic rings. The van der Waals surface area contributed by atoms with Gasteiger partial charge in [0.05, 0.1) is 5.56 Å². The molecule has 3 aromatic rings. The quantitative estimate of drug-likeness (QED) is 0.692. The predicted molar refractivity (Wildman–Crippen MR) is 82.9 cm³/mol. The van der Waals surface area contributed by atoms with Gasteiger partial charge in [-0.3, -0.25) is 4.79 Å². The van der Waals surface area contributed by atoms with Crippen molar-refractivity contribution >= 4 is 22.8 Å². The number of rotatable bonds is 4. The summed E-state index contributed by atoms with van der Waals surface area (Å²) in [7, 11) is 0. The molecule has 5 heteroatoms. The molecule has 5 nitrogen and oxygen atoms in total. The number of para-hydroxylation sites is 1. The molecule has 0 saturated carbocycles. The summed E-state index contributed by atoms with van der Waals surface area (Å²) in [5.41, 5.74) is 2.49. The highest BCUT2D eigenvalue weighted by atomic mass is 16.4. The first-order valence-corrected chi connectivity index (χ1v) is 6.82. The van der Waals surface area contributed by atoms with E-state index in [0.29, 0.717) is 12.2 Å². The van der Waals surface area contributed by atoms with Crippen LogP contribution in [-0.4, -0.2) is 22.0 Å². The third-order valence-corrected chi connectivity index (χ3v) is 3.43. The largest absolute Gasteiger partial charge is 0.478 e. The smallest absolute Gasteiger partial charge is 0.335 e. The molecule has 0 spiro atoms. The number of fused-ring (bicyclic) bond motifs is 1. The Balaban J connectivity index is 1.67. The lowest BCUT2D eigenvalue weighted by Crippen LogP contribution is -2.23. The van der Waals surface area contributed by atoms with Gasteiger partial charge in [0.1, 0.15) is 5.69 Å². The van der Waals surface area contributed by atoms with Crippen LogP contribution < -0.4 is 5.32 Å². The van der Waals surface area contributed by atoms with Gasteiger partial charge in [0.2, 0.25) is 0 Å². The van der Waals surface area contributed by atoms with Gasteiger partial charge in [0, 0.05) is 17.4 Å². The normalized spacial score (nSPS) is 10.5. The number of hydrogen-bond donors (Lipinski definition) is 3. The van der Waals surface area contributed by atoms with E-state index in [2.05, 4.69) is 10.3 Å². The molecule has 0 bridgehead atoms. The van der Waals surface area contributed by atoms with E-state index in [0.717, 1.165) is 16.5 Å². The Bertz CT molecular complexity index is 801. The van der Waals surface area contributed by atoms with Gasteiger partial charge in [-0.25, -0.2) is 4.79 Å². The number of H-pyrrole nitrogens is 1. The summed E-state index contributed by atoms with van der Waals surface area (Å²) in [4.78, 5) is 26.0. The molecule has 1 aromatic heterocycles. The van der Waals surface area contributed by atoms with Gasteiger partial charge in [-0.05, 0) is 29.8 Å². The summed E-state index contributed by atoms with van der Waals surface area (Å²) in [6.45, 7) is 0.341. The fourth-order valence-electron chi connectivity index (χ4n) is 2.24. The zero-order valence-corrected chi connectivity index (χ0v) is 11.7. The molecule has 0 atom stereocenters. The first kappa shape index (κ1) is 13.9. The van der Waals surface area contributed by atoms with Gasteiger partial charge in [-0.15, -0.1) is 0 Å². The molecule has 3 rings (SSSR count). The lowest BCUT2D eigenvalue weighted by Gasteiger charge is -2.04. The molecule has 2 aromatic carbocycles. The topological polar surface area (TPSA) is 82.2 Å². The number of carboxylic acid groups (broad SMARTS) is 1. The van der Waals surface area contributed by atoms with Crippen molar-refractivity contribution in [2.45, 2.75) is 6.54 Å². The highest BCUT2D eigenvalue weighted by molar-refractivity contribution is 5.97. The molecule has 0 radical (unpaired) electrons. The average molecular weight is 294 g/mol.